The van der Waals surface area contributed by atoms with E-state index in [9.17, 15) is 14.7 Å². The minimum absolute atomic E-state index is 0.00407. The van der Waals surface area contributed by atoms with Crippen LogP contribution in [0, 0.1) is 0 Å². The molecule has 0 aliphatic carbocycles. The summed E-state index contributed by atoms with van der Waals surface area (Å²) in [6.45, 7) is 4.06. The van der Waals surface area contributed by atoms with E-state index in [1.807, 2.05) is 11.0 Å². The monoisotopic (exact) mass is 393 g/mol. The summed E-state index contributed by atoms with van der Waals surface area (Å²) in [5, 5.41) is 9.71. The topological polar surface area (TPSA) is 76.1 Å². The van der Waals surface area contributed by atoms with Gasteiger partial charge in [0.2, 0.25) is 0 Å². The number of hydrogen-bond acceptors (Lipinski definition) is 6. The average molecular weight is 394 g/mol. The lowest BCUT2D eigenvalue weighted by molar-refractivity contribution is -0.137. The first kappa shape index (κ1) is 21.0. The Balaban J connectivity index is 2.75. The van der Waals surface area contributed by atoms with Crippen LogP contribution in [0.3, 0.4) is 0 Å². The molecule has 0 bridgehead atoms. The molecule has 0 unspecified atom stereocenters. The number of allylic oxidation sites excluding steroid dienone is 2. The van der Waals surface area contributed by atoms with Crippen LogP contribution < -0.4 is 0 Å². The van der Waals surface area contributed by atoms with Crippen LogP contribution in [-0.4, -0.2) is 49.3 Å². The molecule has 0 spiro atoms. The molecule has 1 N–H and O–H groups in total. The first-order chi connectivity index (χ1) is 12.9. The fourth-order valence-corrected chi connectivity index (χ4v) is 3.64. The molecule has 1 aliphatic heterocycles. The number of methoxy groups -OCH3 is 2. The zero-order chi connectivity index (χ0) is 20.1. The smallest absolute Gasteiger partial charge is 0.336 e. The summed E-state index contributed by atoms with van der Waals surface area (Å²) in [6, 6.07) is 7.03. The Morgan fingerprint density at radius 1 is 1.11 bits per heavy atom. The molecule has 0 amide bonds. The first-order valence-electron chi connectivity index (χ1n) is 8.59. The molecule has 1 heterocycles. The van der Waals surface area contributed by atoms with Crippen molar-refractivity contribution >= 4 is 23.5 Å². The van der Waals surface area contributed by atoms with Crippen molar-refractivity contribution in [2.45, 2.75) is 26.2 Å². The van der Waals surface area contributed by atoms with Crippen LogP contribution in [0.4, 0.5) is 0 Å². The standard InChI is InChI=1S/C20H24ClNO5/c1-12-16(19(24)26-3)18(14-7-5-8-15(21)11-14)17(20(25)27-4)13(2)22(12)9-6-10-23/h5,7-8,11,18,23H,6,9-10H2,1-4H3. The second kappa shape index (κ2) is 9.06. The predicted molar refractivity (Wildman–Crippen MR) is 102 cm³/mol. The van der Waals surface area contributed by atoms with Gasteiger partial charge in [-0.3, -0.25) is 0 Å². The average Bonchev–Trinajstić information content (AvgIpc) is 2.66. The molecule has 1 aromatic carbocycles. The Hall–Kier alpha value is -2.31. The van der Waals surface area contributed by atoms with E-state index >= 15 is 0 Å². The number of nitrogens with zero attached hydrogens (tertiary/aromatic N) is 1. The molecule has 2 rings (SSSR count). The minimum atomic E-state index is -0.658. The summed E-state index contributed by atoms with van der Waals surface area (Å²) in [7, 11) is 2.61. The molecular weight excluding hydrogens is 370 g/mol. The van der Waals surface area contributed by atoms with E-state index in [1.54, 1.807) is 32.0 Å². The van der Waals surface area contributed by atoms with Gasteiger partial charge in [-0.05, 0) is 38.0 Å². The van der Waals surface area contributed by atoms with Gasteiger partial charge in [0, 0.05) is 29.6 Å². The van der Waals surface area contributed by atoms with Gasteiger partial charge in [0.1, 0.15) is 0 Å². The van der Waals surface area contributed by atoms with E-state index in [2.05, 4.69) is 0 Å². The van der Waals surface area contributed by atoms with Crippen LogP contribution in [0.15, 0.2) is 46.8 Å². The summed E-state index contributed by atoms with van der Waals surface area (Å²) in [4.78, 5) is 27.2. The zero-order valence-corrected chi connectivity index (χ0v) is 16.7. The lowest BCUT2D eigenvalue weighted by Gasteiger charge is -2.37. The Labute approximate surface area is 164 Å². The fraction of sp³-hybridized carbons (Fsp3) is 0.400. The van der Waals surface area contributed by atoms with Gasteiger partial charge in [-0.15, -0.1) is 0 Å². The number of benzene rings is 1. The molecule has 1 aliphatic rings. The zero-order valence-electron chi connectivity index (χ0n) is 15.9. The number of rotatable bonds is 6. The molecule has 27 heavy (non-hydrogen) atoms. The van der Waals surface area contributed by atoms with Gasteiger partial charge in [0.25, 0.3) is 0 Å². The normalized spacial score (nSPS) is 15.3. The van der Waals surface area contributed by atoms with Gasteiger partial charge < -0.3 is 19.5 Å². The molecular formula is C20H24ClNO5. The lowest BCUT2D eigenvalue weighted by Crippen LogP contribution is -2.35. The largest absolute Gasteiger partial charge is 0.466 e. The third kappa shape index (κ3) is 4.17. The molecule has 0 atom stereocenters. The lowest BCUT2D eigenvalue weighted by atomic mass is 9.79. The number of ether oxygens (including phenoxy) is 2. The number of carbonyl (C=O) groups is 2. The van der Waals surface area contributed by atoms with Gasteiger partial charge in [0.15, 0.2) is 0 Å². The SMILES string of the molecule is COC(=O)C1=C(C)N(CCCO)C(C)=C(C(=O)OC)C1c1cccc(Cl)c1. The van der Waals surface area contributed by atoms with E-state index in [0.29, 0.717) is 46.1 Å². The van der Waals surface area contributed by atoms with Crippen molar-refractivity contribution in [3.05, 3.63) is 57.4 Å². The van der Waals surface area contributed by atoms with Crippen LogP contribution in [-0.2, 0) is 19.1 Å². The molecule has 6 nitrogen and oxygen atoms in total. The molecule has 0 saturated heterocycles. The molecule has 0 radical (unpaired) electrons. The van der Waals surface area contributed by atoms with Crippen LogP contribution in [0.5, 0.6) is 0 Å². The molecule has 1 aromatic rings. The number of aliphatic hydroxyl groups excluding tert-OH is 1. The fourth-order valence-electron chi connectivity index (χ4n) is 3.44. The third-order valence-corrected chi connectivity index (χ3v) is 4.93. The molecule has 0 fully saturated rings. The van der Waals surface area contributed by atoms with Crippen molar-refractivity contribution in [3.8, 4) is 0 Å². The van der Waals surface area contributed by atoms with Gasteiger partial charge in [-0.2, -0.15) is 0 Å². The Morgan fingerprint density at radius 3 is 2.11 bits per heavy atom. The van der Waals surface area contributed by atoms with Crippen molar-refractivity contribution in [1.29, 1.82) is 0 Å². The highest BCUT2D eigenvalue weighted by molar-refractivity contribution is 6.30. The van der Waals surface area contributed by atoms with Crippen LogP contribution in [0.2, 0.25) is 5.02 Å². The van der Waals surface area contributed by atoms with E-state index in [0.717, 1.165) is 0 Å². The van der Waals surface area contributed by atoms with Crippen molar-refractivity contribution in [1.82, 2.24) is 4.90 Å². The highest BCUT2D eigenvalue weighted by Gasteiger charge is 2.40. The van der Waals surface area contributed by atoms with Gasteiger partial charge in [-0.25, -0.2) is 9.59 Å². The summed E-state index contributed by atoms with van der Waals surface area (Å²) in [5.74, 6) is -1.71. The highest BCUT2D eigenvalue weighted by Crippen LogP contribution is 2.43. The number of carbonyl (C=O) groups excluding carboxylic acids is 2. The van der Waals surface area contributed by atoms with E-state index in [-0.39, 0.29) is 6.61 Å². The van der Waals surface area contributed by atoms with Crippen molar-refractivity contribution in [3.63, 3.8) is 0 Å². The van der Waals surface area contributed by atoms with Gasteiger partial charge >= 0.3 is 11.9 Å². The van der Waals surface area contributed by atoms with Crippen LogP contribution in [0.25, 0.3) is 0 Å². The Kier molecular flexibility index (Phi) is 7.05. The number of aliphatic hydroxyl groups is 1. The number of esters is 2. The maximum atomic E-state index is 12.7. The van der Waals surface area contributed by atoms with E-state index in [1.165, 1.54) is 14.2 Å². The molecule has 0 saturated carbocycles. The summed E-state index contributed by atoms with van der Waals surface area (Å²) in [5.41, 5.74) is 2.74. The van der Waals surface area contributed by atoms with Crippen LogP contribution >= 0.6 is 11.6 Å². The highest BCUT2D eigenvalue weighted by atomic mass is 35.5. The van der Waals surface area contributed by atoms with Crippen molar-refractivity contribution in [2.75, 3.05) is 27.4 Å². The summed E-state index contributed by atoms with van der Waals surface area (Å²) in [6.07, 6.45) is 0.486. The first-order valence-corrected chi connectivity index (χ1v) is 8.97. The quantitative estimate of drug-likeness (QED) is 0.749. The van der Waals surface area contributed by atoms with Gasteiger partial charge in [0.05, 0.1) is 31.3 Å². The maximum Gasteiger partial charge on any atom is 0.336 e. The summed E-state index contributed by atoms with van der Waals surface area (Å²) < 4.78 is 10.0. The molecule has 7 heteroatoms. The van der Waals surface area contributed by atoms with Crippen molar-refractivity contribution < 1.29 is 24.2 Å². The van der Waals surface area contributed by atoms with Crippen molar-refractivity contribution in [2.24, 2.45) is 0 Å². The second-order valence-electron chi connectivity index (χ2n) is 6.20. The third-order valence-electron chi connectivity index (χ3n) is 4.70. The maximum absolute atomic E-state index is 12.7. The molecule has 146 valence electrons. The van der Waals surface area contributed by atoms with E-state index in [4.69, 9.17) is 21.1 Å². The second-order valence-corrected chi connectivity index (χ2v) is 6.63. The van der Waals surface area contributed by atoms with Gasteiger partial charge in [-0.1, -0.05) is 23.7 Å². The Bertz CT molecular complexity index is 759. The minimum Gasteiger partial charge on any atom is -0.466 e. The summed E-state index contributed by atoms with van der Waals surface area (Å²) >= 11 is 6.15. The predicted octanol–water partition coefficient (Wildman–Crippen LogP) is 3.02. The molecule has 0 aromatic heterocycles. The van der Waals surface area contributed by atoms with E-state index < -0.39 is 17.9 Å². The number of halogens is 1. The Morgan fingerprint density at radius 2 is 1.67 bits per heavy atom. The number of hydrogen-bond donors (Lipinski definition) is 1. The van der Waals surface area contributed by atoms with Crippen LogP contribution in [0.1, 0.15) is 31.7 Å².